The zero-order chi connectivity index (χ0) is 19.5. The Hall–Kier alpha value is -2.84. The number of halogens is 1. The number of hydrogen-bond acceptors (Lipinski definition) is 6. The molecule has 0 unspecified atom stereocenters. The van der Waals surface area contributed by atoms with E-state index in [0.29, 0.717) is 18.1 Å². The number of piperidine rings is 1. The van der Waals surface area contributed by atoms with Crippen molar-refractivity contribution >= 4 is 17.5 Å². The Balaban J connectivity index is 1.70. The smallest absolute Gasteiger partial charge is 0.248 e. The van der Waals surface area contributed by atoms with Gasteiger partial charge in [0.1, 0.15) is 12.3 Å². The SMILES string of the molecule is O=C(CO)N1CCC(c2[nH]nc(-c3ccc(Cl)cc3)c2-c2cnnnc2)CC1. The first kappa shape index (κ1) is 18.5. The summed E-state index contributed by atoms with van der Waals surface area (Å²) in [7, 11) is 0. The van der Waals surface area contributed by atoms with Crippen molar-refractivity contribution in [2.45, 2.75) is 18.8 Å². The molecule has 0 aliphatic carbocycles. The predicted octanol–water partition coefficient (Wildman–Crippen LogP) is 2.28. The van der Waals surface area contributed by atoms with Gasteiger partial charge in [0.2, 0.25) is 5.91 Å². The zero-order valence-electron chi connectivity index (χ0n) is 15.0. The third kappa shape index (κ3) is 3.61. The second kappa shape index (κ2) is 8.04. The van der Waals surface area contributed by atoms with Crippen molar-refractivity contribution in [3.63, 3.8) is 0 Å². The van der Waals surface area contributed by atoms with Crippen LogP contribution < -0.4 is 0 Å². The number of H-pyrrole nitrogens is 1. The van der Waals surface area contributed by atoms with Crippen molar-refractivity contribution in [1.29, 1.82) is 0 Å². The molecule has 0 atom stereocenters. The Morgan fingerprint density at radius 3 is 2.46 bits per heavy atom. The lowest BCUT2D eigenvalue weighted by Crippen LogP contribution is -2.39. The molecule has 144 valence electrons. The van der Waals surface area contributed by atoms with E-state index in [1.54, 1.807) is 17.3 Å². The Morgan fingerprint density at radius 2 is 1.82 bits per heavy atom. The lowest BCUT2D eigenvalue weighted by molar-refractivity contribution is -0.135. The molecule has 0 spiro atoms. The molecule has 28 heavy (non-hydrogen) atoms. The fraction of sp³-hybridized carbons (Fsp3) is 0.316. The van der Waals surface area contributed by atoms with E-state index in [0.717, 1.165) is 40.9 Å². The number of amides is 1. The van der Waals surface area contributed by atoms with Crippen LogP contribution in [0.15, 0.2) is 36.7 Å². The highest BCUT2D eigenvalue weighted by molar-refractivity contribution is 6.30. The molecule has 8 nitrogen and oxygen atoms in total. The highest BCUT2D eigenvalue weighted by Crippen LogP contribution is 2.39. The number of aliphatic hydroxyl groups is 1. The number of rotatable bonds is 4. The largest absolute Gasteiger partial charge is 0.387 e. The maximum Gasteiger partial charge on any atom is 0.248 e. The van der Waals surface area contributed by atoms with E-state index >= 15 is 0 Å². The van der Waals surface area contributed by atoms with Gasteiger partial charge in [-0.2, -0.15) is 5.10 Å². The molecule has 1 aliphatic heterocycles. The lowest BCUT2D eigenvalue weighted by Gasteiger charge is -2.31. The van der Waals surface area contributed by atoms with Crippen molar-refractivity contribution in [2.24, 2.45) is 0 Å². The summed E-state index contributed by atoms with van der Waals surface area (Å²) in [6.07, 6.45) is 4.91. The molecule has 9 heteroatoms. The quantitative estimate of drug-likeness (QED) is 0.698. The van der Waals surface area contributed by atoms with Crippen molar-refractivity contribution < 1.29 is 9.90 Å². The monoisotopic (exact) mass is 398 g/mol. The van der Waals surface area contributed by atoms with Crippen LogP contribution >= 0.6 is 11.6 Å². The van der Waals surface area contributed by atoms with Crippen molar-refractivity contribution in [1.82, 2.24) is 30.5 Å². The number of aliphatic hydroxyl groups excluding tert-OH is 1. The predicted molar refractivity (Wildman–Crippen MR) is 103 cm³/mol. The normalized spacial score (nSPS) is 15.0. The standard InChI is InChI=1S/C19H19ClN6O2/c20-15-3-1-12(2-4-15)18-17(14-9-21-25-22-10-14)19(24-23-18)13-5-7-26(8-6-13)16(28)11-27/h1-4,9-10,13,27H,5-8,11H2,(H,23,24). The number of nitrogens with one attached hydrogen (secondary N) is 1. The second-order valence-corrected chi connectivity index (χ2v) is 7.15. The number of carbonyl (C=O) groups excluding carboxylic acids is 1. The van der Waals surface area contributed by atoms with E-state index in [4.69, 9.17) is 16.7 Å². The van der Waals surface area contributed by atoms with Crippen molar-refractivity contribution in [3.8, 4) is 22.4 Å². The summed E-state index contributed by atoms with van der Waals surface area (Å²) < 4.78 is 0. The summed E-state index contributed by atoms with van der Waals surface area (Å²) in [4.78, 5) is 13.4. The van der Waals surface area contributed by atoms with Crippen LogP contribution in [0, 0.1) is 0 Å². The number of benzene rings is 1. The zero-order valence-corrected chi connectivity index (χ0v) is 15.8. The van der Waals surface area contributed by atoms with Crippen LogP contribution in [0.3, 0.4) is 0 Å². The van der Waals surface area contributed by atoms with E-state index in [2.05, 4.69) is 25.6 Å². The number of hydrogen-bond donors (Lipinski definition) is 2. The Labute approximate surface area is 166 Å². The number of aromatic nitrogens is 5. The minimum atomic E-state index is -0.449. The van der Waals surface area contributed by atoms with E-state index in [1.807, 2.05) is 24.3 Å². The van der Waals surface area contributed by atoms with Gasteiger partial charge in [0.05, 0.1) is 12.4 Å². The molecule has 1 fully saturated rings. The van der Waals surface area contributed by atoms with Crippen molar-refractivity contribution in [3.05, 3.63) is 47.4 Å². The molecule has 1 saturated heterocycles. The molecule has 3 heterocycles. The summed E-state index contributed by atoms with van der Waals surface area (Å²) in [5.74, 6) is -0.0212. The molecule has 4 rings (SSSR count). The molecule has 0 radical (unpaired) electrons. The van der Waals surface area contributed by atoms with Gasteiger partial charge in [0, 0.05) is 46.4 Å². The van der Waals surface area contributed by atoms with Gasteiger partial charge < -0.3 is 10.0 Å². The average molecular weight is 399 g/mol. The Bertz CT molecular complexity index is 952. The van der Waals surface area contributed by atoms with Gasteiger partial charge in [-0.1, -0.05) is 23.7 Å². The van der Waals surface area contributed by atoms with Gasteiger partial charge in [-0.05, 0) is 30.2 Å². The summed E-state index contributed by atoms with van der Waals surface area (Å²) >= 11 is 6.03. The highest BCUT2D eigenvalue weighted by atomic mass is 35.5. The lowest BCUT2D eigenvalue weighted by atomic mass is 9.88. The van der Waals surface area contributed by atoms with Gasteiger partial charge >= 0.3 is 0 Å². The van der Waals surface area contributed by atoms with Crippen LogP contribution in [0.5, 0.6) is 0 Å². The molecule has 2 aromatic heterocycles. The first-order valence-electron chi connectivity index (χ1n) is 9.04. The molecule has 3 aromatic rings. The van der Waals surface area contributed by atoms with Crippen LogP contribution in [0.25, 0.3) is 22.4 Å². The van der Waals surface area contributed by atoms with Crippen LogP contribution in [-0.2, 0) is 4.79 Å². The van der Waals surface area contributed by atoms with Gasteiger partial charge in [-0.25, -0.2) is 0 Å². The third-order valence-corrected chi connectivity index (χ3v) is 5.34. The number of aromatic amines is 1. The highest BCUT2D eigenvalue weighted by Gasteiger charge is 2.28. The third-order valence-electron chi connectivity index (χ3n) is 5.09. The minimum absolute atomic E-state index is 0.208. The van der Waals surface area contributed by atoms with E-state index in [1.165, 1.54) is 0 Å². The van der Waals surface area contributed by atoms with Crippen molar-refractivity contribution in [2.75, 3.05) is 19.7 Å². The topological polar surface area (TPSA) is 108 Å². The fourth-order valence-corrected chi connectivity index (χ4v) is 3.77. The Morgan fingerprint density at radius 1 is 1.14 bits per heavy atom. The molecular weight excluding hydrogens is 380 g/mol. The van der Waals surface area contributed by atoms with Crippen LogP contribution in [0.1, 0.15) is 24.5 Å². The minimum Gasteiger partial charge on any atom is -0.387 e. The van der Waals surface area contributed by atoms with Gasteiger partial charge in [0.25, 0.3) is 0 Å². The first-order chi connectivity index (χ1) is 13.7. The van der Waals surface area contributed by atoms with Crippen LogP contribution in [0.4, 0.5) is 0 Å². The Kier molecular flexibility index (Phi) is 5.31. The van der Waals surface area contributed by atoms with E-state index in [-0.39, 0.29) is 11.8 Å². The summed E-state index contributed by atoms with van der Waals surface area (Å²) in [6, 6.07) is 7.51. The average Bonchev–Trinajstić information content (AvgIpc) is 3.19. The number of carbonyl (C=O) groups is 1. The second-order valence-electron chi connectivity index (χ2n) is 6.71. The van der Waals surface area contributed by atoms with Crippen LogP contribution in [-0.4, -0.2) is 61.2 Å². The molecule has 1 amide bonds. The maximum absolute atomic E-state index is 11.7. The summed E-state index contributed by atoms with van der Waals surface area (Å²) in [5.41, 5.74) is 4.51. The fourth-order valence-electron chi connectivity index (χ4n) is 3.65. The molecular formula is C19H19ClN6O2. The molecule has 0 saturated carbocycles. The molecule has 2 N–H and O–H groups in total. The first-order valence-corrected chi connectivity index (χ1v) is 9.41. The summed E-state index contributed by atoms with van der Waals surface area (Å²) in [6.45, 7) is 0.756. The van der Waals surface area contributed by atoms with Crippen LogP contribution in [0.2, 0.25) is 5.02 Å². The van der Waals surface area contributed by atoms with Gasteiger partial charge in [-0.15, -0.1) is 10.2 Å². The molecule has 1 aliphatic rings. The van der Waals surface area contributed by atoms with E-state index in [9.17, 15) is 4.79 Å². The van der Waals surface area contributed by atoms with Gasteiger partial charge in [-0.3, -0.25) is 9.89 Å². The summed E-state index contributed by atoms with van der Waals surface area (Å²) in [5, 5.41) is 29.0. The van der Waals surface area contributed by atoms with Gasteiger partial charge in [0.15, 0.2) is 0 Å². The molecule has 0 bridgehead atoms. The number of nitrogens with zero attached hydrogens (tertiary/aromatic N) is 5. The maximum atomic E-state index is 11.7. The number of likely N-dealkylation sites (tertiary alicyclic amines) is 1. The van der Waals surface area contributed by atoms with E-state index < -0.39 is 6.61 Å². The molecule has 1 aromatic carbocycles.